The van der Waals surface area contributed by atoms with Gasteiger partial charge in [-0.05, 0) is 61.7 Å². The first-order chi connectivity index (χ1) is 13.5. The van der Waals surface area contributed by atoms with Gasteiger partial charge in [-0.2, -0.15) is 10.1 Å². The van der Waals surface area contributed by atoms with Gasteiger partial charge in [0.2, 0.25) is 5.95 Å². The summed E-state index contributed by atoms with van der Waals surface area (Å²) < 4.78 is 1.91. The second kappa shape index (κ2) is 7.52. The highest BCUT2D eigenvalue weighted by Gasteiger charge is 2.11. The molecule has 0 atom stereocenters. The minimum atomic E-state index is 0.566. The van der Waals surface area contributed by atoms with Gasteiger partial charge < -0.3 is 10.2 Å². The second-order valence-electron chi connectivity index (χ2n) is 6.56. The van der Waals surface area contributed by atoms with Gasteiger partial charge in [0.1, 0.15) is 5.82 Å². The average molecular weight is 391 g/mol. The first-order valence-electron chi connectivity index (χ1n) is 8.96. The molecule has 0 aliphatic heterocycles. The molecule has 2 aromatic carbocycles. The number of nitrogens with one attached hydrogen (secondary N) is 1. The zero-order chi connectivity index (χ0) is 19.7. The predicted molar refractivity (Wildman–Crippen MR) is 117 cm³/mol. The smallest absolute Gasteiger partial charge is 0.229 e. The van der Waals surface area contributed by atoms with E-state index in [0.717, 1.165) is 28.4 Å². The van der Waals surface area contributed by atoms with E-state index in [9.17, 15) is 0 Å². The third-order valence-electron chi connectivity index (χ3n) is 4.83. The number of rotatable bonds is 5. The standard InChI is InChI=1S/C21H22N6S/c1-14-18-10-7-16(13-19(18)25-27(14)3)26(2)20-11-12-22-21(24-20)23-15-5-8-17(28-4)9-6-15/h5-13H,1-4H3,(H,22,23,24). The van der Waals surface area contributed by atoms with E-state index in [1.54, 1.807) is 18.0 Å². The van der Waals surface area contributed by atoms with Gasteiger partial charge in [-0.15, -0.1) is 11.8 Å². The Hall–Kier alpha value is -3.06. The SMILES string of the molecule is CSc1ccc(Nc2nccc(N(C)c3ccc4c(C)n(C)nc4c3)n2)cc1. The summed E-state index contributed by atoms with van der Waals surface area (Å²) in [4.78, 5) is 12.3. The van der Waals surface area contributed by atoms with Gasteiger partial charge in [0.25, 0.3) is 0 Å². The lowest BCUT2D eigenvalue weighted by atomic mass is 10.2. The van der Waals surface area contributed by atoms with Crippen LogP contribution >= 0.6 is 11.8 Å². The van der Waals surface area contributed by atoms with Gasteiger partial charge >= 0.3 is 0 Å². The van der Waals surface area contributed by atoms with Crippen LogP contribution in [0, 0.1) is 6.92 Å². The summed E-state index contributed by atoms with van der Waals surface area (Å²) in [5.74, 6) is 1.38. The third-order valence-corrected chi connectivity index (χ3v) is 5.58. The van der Waals surface area contributed by atoms with Crippen molar-refractivity contribution in [3.63, 3.8) is 0 Å². The minimum Gasteiger partial charge on any atom is -0.329 e. The second-order valence-corrected chi connectivity index (χ2v) is 7.44. The number of nitrogens with zero attached hydrogens (tertiary/aromatic N) is 5. The maximum absolute atomic E-state index is 4.66. The van der Waals surface area contributed by atoms with Gasteiger partial charge in [-0.25, -0.2) is 4.98 Å². The molecule has 6 nitrogen and oxygen atoms in total. The molecule has 4 aromatic rings. The first-order valence-corrected chi connectivity index (χ1v) is 10.2. The fourth-order valence-corrected chi connectivity index (χ4v) is 3.47. The van der Waals surface area contributed by atoms with Crippen molar-refractivity contribution in [3.8, 4) is 0 Å². The molecule has 0 unspecified atom stereocenters. The lowest BCUT2D eigenvalue weighted by Gasteiger charge is -2.19. The highest BCUT2D eigenvalue weighted by molar-refractivity contribution is 7.98. The zero-order valence-electron chi connectivity index (χ0n) is 16.3. The zero-order valence-corrected chi connectivity index (χ0v) is 17.2. The number of benzene rings is 2. The van der Waals surface area contributed by atoms with Crippen LogP contribution in [0.2, 0.25) is 0 Å². The lowest BCUT2D eigenvalue weighted by molar-refractivity contribution is 0.751. The summed E-state index contributed by atoms with van der Waals surface area (Å²) in [6, 6.07) is 16.4. The lowest BCUT2D eigenvalue weighted by Crippen LogP contribution is -2.12. The van der Waals surface area contributed by atoms with Gasteiger partial charge in [0.05, 0.1) is 5.52 Å². The molecule has 0 bridgehead atoms. The maximum Gasteiger partial charge on any atom is 0.229 e. The van der Waals surface area contributed by atoms with Crippen molar-refractivity contribution >= 4 is 45.8 Å². The molecule has 2 heterocycles. The summed E-state index contributed by atoms with van der Waals surface area (Å²) in [5.41, 5.74) is 4.12. The van der Waals surface area contributed by atoms with Gasteiger partial charge in [-0.3, -0.25) is 4.68 Å². The summed E-state index contributed by atoms with van der Waals surface area (Å²) in [6.45, 7) is 2.08. The molecule has 0 fully saturated rings. The van der Waals surface area contributed by atoms with Crippen molar-refractivity contribution in [1.29, 1.82) is 0 Å². The van der Waals surface area contributed by atoms with E-state index in [0.29, 0.717) is 5.95 Å². The van der Waals surface area contributed by atoms with Gasteiger partial charge in [-0.1, -0.05) is 0 Å². The molecule has 0 spiro atoms. The molecule has 28 heavy (non-hydrogen) atoms. The molecule has 0 saturated heterocycles. The van der Waals surface area contributed by atoms with Crippen LogP contribution in [0.1, 0.15) is 5.69 Å². The number of fused-ring (bicyclic) bond motifs is 1. The normalized spacial score (nSPS) is 11.0. The number of hydrogen-bond donors (Lipinski definition) is 1. The molecular formula is C21H22N6S. The molecular weight excluding hydrogens is 368 g/mol. The molecule has 0 radical (unpaired) electrons. The number of thioether (sulfide) groups is 1. The van der Waals surface area contributed by atoms with Crippen LogP contribution in [-0.4, -0.2) is 33.1 Å². The van der Waals surface area contributed by atoms with E-state index in [1.165, 1.54) is 10.3 Å². The molecule has 0 saturated carbocycles. The van der Waals surface area contributed by atoms with E-state index in [-0.39, 0.29) is 0 Å². The fraction of sp³-hybridized carbons (Fsp3) is 0.190. The average Bonchev–Trinajstić information content (AvgIpc) is 3.01. The highest BCUT2D eigenvalue weighted by Crippen LogP contribution is 2.27. The Labute approximate surface area is 168 Å². The molecule has 142 valence electrons. The summed E-state index contributed by atoms with van der Waals surface area (Å²) in [7, 11) is 3.96. The Morgan fingerprint density at radius 2 is 1.86 bits per heavy atom. The van der Waals surface area contributed by atoms with Crippen molar-refractivity contribution in [3.05, 3.63) is 60.4 Å². The van der Waals surface area contributed by atoms with Crippen LogP contribution < -0.4 is 10.2 Å². The third kappa shape index (κ3) is 3.53. The van der Waals surface area contributed by atoms with Crippen LogP contribution in [0.25, 0.3) is 10.9 Å². The number of anilines is 4. The molecule has 0 aliphatic carbocycles. The Balaban J connectivity index is 1.59. The Morgan fingerprint density at radius 3 is 2.61 bits per heavy atom. The molecule has 1 N–H and O–H groups in total. The van der Waals surface area contributed by atoms with Crippen molar-refractivity contribution in [2.24, 2.45) is 7.05 Å². The molecule has 2 aromatic heterocycles. The summed E-state index contributed by atoms with van der Waals surface area (Å²) in [5, 5.41) is 9.01. The number of aryl methyl sites for hydroxylation is 2. The van der Waals surface area contributed by atoms with Crippen molar-refractivity contribution < 1.29 is 0 Å². The van der Waals surface area contributed by atoms with E-state index in [1.807, 2.05) is 41.9 Å². The quantitative estimate of drug-likeness (QED) is 0.489. The first kappa shape index (κ1) is 18.3. The Morgan fingerprint density at radius 1 is 1.07 bits per heavy atom. The number of aromatic nitrogens is 4. The van der Waals surface area contributed by atoms with E-state index < -0.39 is 0 Å². The van der Waals surface area contributed by atoms with Crippen LogP contribution in [0.3, 0.4) is 0 Å². The topological polar surface area (TPSA) is 58.9 Å². The molecule has 0 aliphatic rings. The van der Waals surface area contributed by atoms with Crippen molar-refractivity contribution in [2.75, 3.05) is 23.5 Å². The van der Waals surface area contributed by atoms with E-state index >= 15 is 0 Å². The van der Waals surface area contributed by atoms with Crippen LogP contribution in [0.15, 0.2) is 59.6 Å². The Bertz CT molecular complexity index is 1120. The summed E-state index contributed by atoms with van der Waals surface area (Å²) in [6.07, 6.45) is 3.83. The molecule has 7 heteroatoms. The highest BCUT2D eigenvalue weighted by atomic mass is 32.2. The molecule has 0 amide bonds. The maximum atomic E-state index is 4.66. The van der Waals surface area contributed by atoms with Gasteiger partial charge in [0, 0.05) is 47.6 Å². The van der Waals surface area contributed by atoms with Crippen LogP contribution in [0.5, 0.6) is 0 Å². The Kier molecular flexibility index (Phi) is 4.92. The largest absolute Gasteiger partial charge is 0.329 e. The molecule has 4 rings (SSSR count). The van der Waals surface area contributed by atoms with Gasteiger partial charge in [0.15, 0.2) is 0 Å². The predicted octanol–water partition coefficient (Wildman–Crippen LogP) is 4.91. The van der Waals surface area contributed by atoms with Crippen molar-refractivity contribution in [2.45, 2.75) is 11.8 Å². The van der Waals surface area contributed by atoms with Crippen LogP contribution in [-0.2, 0) is 7.05 Å². The monoisotopic (exact) mass is 390 g/mol. The van der Waals surface area contributed by atoms with Crippen LogP contribution in [0.4, 0.5) is 23.1 Å². The fourth-order valence-electron chi connectivity index (χ4n) is 3.06. The number of hydrogen-bond acceptors (Lipinski definition) is 6. The summed E-state index contributed by atoms with van der Waals surface area (Å²) >= 11 is 1.72. The van der Waals surface area contributed by atoms with Crippen molar-refractivity contribution in [1.82, 2.24) is 19.7 Å². The van der Waals surface area contributed by atoms with E-state index in [2.05, 4.69) is 63.9 Å². The minimum absolute atomic E-state index is 0.566. The van der Waals surface area contributed by atoms with E-state index in [4.69, 9.17) is 0 Å².